The molecular formula is C13H14ClN3O2. The van der Waals surface area contributed by atoms with Crippen molar-refractivity contribution in [2.24, 2.45) is 5.92 Å². The van der Waals surface area contributed by atoms with E-state index in [0.29, 0.717) is 29.5 Å². The lowest BCUT2D eigenvalue weighted by Crippen LogP contribution is -2.39. The Labute approximate surface area is 116 Å². The number of carbonyl (C=O) groups excluding carboxylic acids is 1. The van der Waals surface area contributed by atoms with Crippen LogP contribution in [0.1, 0.15) is 5.56 Å². The molecule has 0 aromatic heterocycles. The van der Waals surface area contributed by atoms with Gasteiger partial charge in [-0.15, -0.1) is 0 Å². The first kappa shape index (κ1) is 13.8. The first-order valence-electron chi connectivity index (χ1n) is 5.91. The fraction of sp³-hybridized carbons (Fsp3) is 0.385. The number of nitriles is 1. The molecule has 2 rings (SSSR count). The standard InChI is InChI=1S/C13H14ClN3O2/c1-16-12-7-19-6-10(12)13(18)17-11-4-9(14)3-2-8(11)5-15/h2-4,10,12,16H,6-7H2,1H3,(H,17,18). The molecule has 19 heavy (non-hydrogen) atoms. The number of amides is 1. The maximum atomic E-state index is 12.2. The van der Waals surface area contributed by atoms with Gasteiger partial charge in [0, 0.05) is 11.1 Å². The molecule has 0 radical (unpaired) electrons. The summed E-state index contributed by atoms with van der Waals surface area (Å²) in [5, 5.41) is 15.3. The Morgan fingerprint density at radius 1 is 1.53 bits per heavy atom. The van der Waals surface area contributed by atoms with Crippen LogP contribution in [0.2, 0.25) is 5.02 Å². The molecule has 1 aromatic carbocycles. The molecular weight excluding hydrogens is 266 g/mol. The molecule has 1 amide bonds. The predicted molar refractivity (Wildman–Crippen MR) is 72.0 cm³/mol. The average molecular weight is 280 g/mol. The molecule has 1 heterocycles. The van der Waals surface area contributed by atoms with Gasteiger partial charge in [-0.2, -0.15) is 5.26 Å². The van der Waals surface area contributed by atoms with E-state index in [9.17, 15) is 4.79 Å². The van der Waals surface area contributed by atoms with Gasteiger partial charge in [-0.3, -0.25) is 4.79 Å². The second-order valence-corrected chi connectivity index (χ2v) is 4.77. The van der Waals surface area contributed by atoms with Gasteiger partial charge in [0.1, 0.15) is 6.07 Å². The van der Waals surface area contributed by atoms with Crippen LogP contribution in [-0.2, 0) is 9.53 Å². The van der Waals surface area contributed by atoms with Crippen molar-refractivity contribution < 1.29 is 9.53 Å². The molecule has 1 saturated heterocycles. The highest BCUT2D eigenvalue weighted by molar-refractivity contribution is 6.31. The summed E-state index contributed by atoms with van der Waals surface area (Å²) >= 11 is 5.88. The Hall–Kier alpha value is -1.61. The Morgan fingerprint density at radius 3 is 3.00 bits per heavy atom. The van der Waals surface area contributed by atoms with Crippen LogP contribution in [0.25, 0.3) is 0 Å². The summed E-state index contributed by atoms with van der Waals surface area (Å²) in [4.78, 5) is 12.2. The largest absolute Gasteiger partial charge is 0.379 e. The summed E-state index contributed by atoms with van der Waals surface area (Å²) in [6, 6.07) is 6.78. The molecule has 0 saturated carbocycles. The molecule has 2 N–H and O–H groups in total. The van der Waals surface area contributed by atoms with E-state index in [4.69, 9.17) is 21.6 Å². The van der Waals surface area contributed by atoms with Crippen LogP contribution in [-0.4, -0.2) is 32.2 Å². The van der Waals surface area contributed by atoms with Crippen molar-refractivity contribution in [1.29, 1.82) is 5.26 Å². The number of nitrogens with zero attached hydrogens (tertiary/aromatic N) is 1. The SMILES string of the molecule is CNC1COCC1C(=O)Nc1cc(Cl)ccc1C#N. The third kappa shape index (κ3) is 3.04. The van der Waals surface area contributed by atoms with E-state index in [1.807, 2.05) is 6.07 Å². The van der Waals surface area contributed by atoms with Crippen LogP contribution in [0.3, 0.4) is 0 Å². The number of rotatable bonds is 3. The highest BCUT2D eigenvalue weighted by Crippen LogP contribution is 2.22. The van der Waals surface area contributed by atoms with Crippen molar-refractivity contribution in [2.45, 2.75) is 6.04 Å². The highest BCUT2D eigenvalue weighted by atomic mass is 35.5. The van der Waals surface area contributed by atoms with Gasteiger partial charge in [-0.05, 0) is 25.2 Å². The number of likely N-dealkylation sites (N-methyl/N-ethyl adjacent to an activating group) is 1. The minimum Gasteiger partial charge on any atom is -0.379 e. The molecule has 1 aliphatic rings. The Bertz CT molecular complexity index is 527. The second kappa shape index (κ2) is 6.02. The maximum absolute atomic E-state index is 12.2. The lowest BCUT2D eigenvalue weighted by Gasteiger charge is -2.17. The minimum absolute atomic E-state index is 0.00952. The number of nitrogens with one attached hydrogen (secondary N) is 2. The summed E-state index contributed by atoms with van der Waals surface area (Å²) in [7, 11) is 1.79. The fourth-order valence-electron chi connectivity index (χ4n) is 2.04. The molecule has 1 aromatic rings. The zero-order valence-electron chi connectivity index (χ0n) is 10.4. The third-order valence-corrected chi connectivity index (χ3v) is 3.38. The number of anilines is 1. The van der Waals surface area contributed by atoms with Crippen molar-refractivity contribution in [3.63, 3.8) is 0 Å². The number of benzene rings is 1. The molecule has 0 spiro atoms. The maximum Gasteiger partial charge on any atom is 0.231 e. The van der Waals surface area contributed by atoms with E-state index in [0.717, 1.165) is 0 Å². The highest BCUT2D eigenvalue weighted by Gasteiger charge is 2.33. The van der Waals surface area contributed by atoms with Crippen molar-refractivity contribution >= 4 is 23.2 Å². The van der Waals surface area contributed by atoms with Crippen LogP contribution in [0.4, 0.5) is 5.69 Å². The molecule has 1 aliphatic heterocycles. The van der Waals surface area contributed by atoms with Gasteiger partial charge in [0.25, 0.3) is 0 Å². The first-order valence-corrected chi connectivity index (χ1v) is 6.29. The molecule has 5 nitrogen and oxygen atoms in total. The van der Waals surface area contributed by atoms with Crippen LogP contribution < -0.4 is 10.6 Å². The van der Waals surface area contributed by atoms with Gasteiger partial charge in [0.05, 0.1) is 30.4 Å². The monoisotopic (exact) mass is 279 g/mol. The summed E-state index contributed by atoms with van der Waals surface area (Å²) < 4.78 is 5.29. The van der Waals surface area contributed by atoms with Crippen LogP contribution in [0.5, 0.6) is 0 Å². The van der Waals surface area contributed by atoms with Gasteiger partial charge in [-0.1, -0.05) is 11.6 Å². The van der Waals surface area contributed by atoms with Crippen molar-refractivity contribution in [3.05, 3.63) is 28.8 Å². The smallest absolute Gasteiger partial charge is 0.231 e. The zero-order chi connectivity index (χ0) is 13.8. The van der Waals surface area contributed by atoms with Crippen LogP contribution >= 0.6 is 11.6 Å². The first-order chi connectivity index (χ1) is 9.15. The quantitative estimate of drug-likeness (QED) is 0.877. The number of ether oxygens (including phenoxy) is 1. The number of halogens is 1. The summed E-state index contributed by atoms with van der Waals surface area (Å²) in [5.74, 6) is -0.439. The molecule has 6 heteroatoms. The third-order valence-electron chi connectivity index (χ3n) is 3.15. The average Bonchev–Trinajstić information content (AvgIpc) is 2.87. The van der Waals surface area contributed by atoms with Gasteiger partial charge in [0.2, 0.25) is 5.91 Å². The van der Waals surface area contributed by atoms with Gasteiger partial charge >= 0.3 is 0 Å². The normalized spacial score (nSPS) is 21.9. The summed E-state index contributed by atoms with van der Waals surface area (Å²) in [5.41, 5.74) is 0.819. The van der Waals surface area contributed by atoms with Crippen molar-refractivity contribution in [1.82, 2.24) is 5.32 Å². The summed E-state index contributed by atoms with van der Waals surface area (Å²) in [6.07, 6.45) is 0. The van der Waals surface area contributed by atoms with Crippen molar-refractivity contribution in [3.8, 4) is 6.07 Å². The minimum atomic E-state index is -0.268. The lowest BCUT2D eigenvalue weighted by atomic mass is 10.0. The van der Waals surface area contributed by atoms with Gasteiger partial charge < -0.3 is 15.4 Å². The molecule has 2 atom stereocenters. The van der Waals surface area contributed by atoms with E-state index in [1.165, 1.54) is 0 Å². The second-order valence-electron chi connectivity index (χ2n) is 4.33. The number of hydrogen-bond acceptors (Lipinski definition) is 4. The zero-order valence-corrected chi connectivity index (χ0v) is 11.2. The summed E-state index contributed by atoms with van der Waals surface area (Å²) in [6.45, 7) is 0.884. The molecule has 2 unspecified atom stereocenters. The topological polar surface area (TPSA) is 74.2 Å². The Kier molecular flexibility index (Phi) is 4.38. The van der Waals surface area contributed by atoms with Gasteiger partial charge in [-0.25, -0.2) is 0 Å². The Balaban J connectivity index is 2.15. The molecule has 1 fully saturated rings. The van der Waals surface area contributed by atoms with E-state index < -0.39 is 0 Å². The van der Waals surface area contributed by atoms with Crippen molar-refractivity contribution in [2.75, 3.05) is 25.6 Å². The number of carbonyl (C=O) groups is 1. The van der Waals surface area contributed by atoms with E-state index in [-0.39, 0.29) is 17.9 Å². The predicted octanol–water partition coefficient (Wildman–Crippen LogP) is 1.38. The van der Waals surface area contributed by atoms with E-state index >= 15 is 0 Å². The fourth-order valence-corrected chi connectivity index (χ4v) is 2.21. The van der Waals surface area contributed by atoms with Crippen LogP contribution in [0.15, 0.2) is 18.2 Å². The van der Waals surface area contributed by atoms with Gasteiger partial charge in [0.15, 0.2) is 0 Å². The number of hydrogen-bond donors (Lipinski definition) is 2. The van der Waals surface area contributed by atoms with E-state index in [1.54, 1.807) is 25.2 Å². The Morgan fingerprint density at radius 2 is 2.32 bits per heavy atom. The lowest BCUT2D eigenvalue weighted by molar-refractivity contribution is -0.120. The molecule has 100 valence electrons. The molecule has 0 aliphatic carbocycles. The van der Waals surface area contributed by atoms with Crippen LogP contribution in [0, 0.1) is 17.2 Å². The van der Waals surface area contributed by atoms with E-state index in [2.05, 4.69) is 10.6 Å². The molecule has 0 bridgehead atoms.